The van der Waals surface area contributed by atoms with Crippen molar-refractivity contribution in [1.82, 2.24) is 10.2 Å². The van der Waals surface area contributed by atoms with Crippen molar-refractivity contribution in [2.75, 3.05) is 26.2 Å². The third kappa shape index (κ3) is 10.3. The van der Waals surface area contributed by atoms with Gasteiger partial charge in [-0.15, -0.1) is 0 Å². The van der Waals surface area contributed by atoms with Crippen molar-refractivity contribution in [2.45, 2.75) is 91.0 Å². The van der Waals surface area contributed by atoms with Crippen LogP contribution < -0.4 is 5.32 Å². The van der Waals surface area contributed by atoms with E-state index >= 15 is 0 Å². The van der Waals surface area contributed by atoms with Crippen molar-refractivity contribution in [1.29, 1.82) is 0 Å². The zero-order valence-electron chi connectivity index (χ0n) is 15.0. The lowest BCUT2D eigenvalue weighted by Crippen LogP contribution is -2.43. The molecular weight excluding hydrogens is 256 g/mol. The first-order valence-corrected chi connectivity index (χ1v) is 9.68. The lowest BCUT2D eigenvalue weighted by Gasteiger charge is -2.33. The molecule has 0 atom stereocenters. The van der Waals surface area contributed by atoms with Gasteiger partial charge in [-0.1, -0.05) is 65.7 Å². The second-order valence-electron chi connectivity index (χ2n) is 7.40. The Kier molecular flexibility index (Phi) is 11.3. The van der Waals surface area contributed by atoms with Gasteiger partial charge in [0.1, 0.15) is 0 Å². The highest BCUT2D eigenvalue weighted by Gasteiger charge is 2.18. The molecule has 0 saturated carbocycles. The van der Waals surface area contributed by atoms with Crippen LogP contribution in [0.2, 0.25) is 0 Å². The molecule has 0 aromatic heterocycles. The van der Waals surface area contributed by atoms with Gasteiger partial charge in [-0.05, 0) is 44.8 Å². The summed E-state index contributed by atoms with van der Waals surface area (Å²) in [6.07, 6.45) is 14.1. The number of unbranched alkanes of at least 4 members (excludes halogenated alkanes) is 7. The fourth-order valence-electron chi connectivity index (χ4n) is 3.40. The minimum atomic E-state index is 0.790. The van der Waals surface area contributed by atoms with E-state index in [0.717, 1.165) is 12.0 Å². The van der Waals surface area contributed by atoms with Gasteiger partial charge in [-0.3, -0.25) is 0 Å². The summed E-state index contributed by atoms with van der Waals surface area (Å²) < 4.78 is 0. The van der Waals surface area contributed by atoms with Crippen LogP contribution in [0.4, 0.5) is 0 Å². The molecule has 21 heavy (non-hydrogen) atoms. The number of nitrogens with zero attached hydrogens (tertiary/aromatic N) is 1. The lowest BCUT2D eigenvalue weighted by molar-refractivity contribution is 0.180. The first-order valence-electron chi connectivity index (χ1n) is 9.68. The van der Waals surface area contributed by atoms with Crippen LogP contribution in [0.5, 0.6) is 0 Å². The average molecular weight is 297 g/mol. The molecule has 0 unspecified atom stereocenters. The molecule has 1 rings (SSSR count). The quantitative estimate of drug-likeness (QED) is 0.519. The van der Waals surface area contributed by atoms with Gasteiger partial charge in [-0.2, -0.15) is 0 Å². The molecule has 0 spiro atoms. The van der Waals surface area contributed by atoms with Gasteiger partial charge < -0.3 is 10.2 Å². The maximum Gasteiger partial charge on any atom is 0.00914 e. The van der Waals surface area contributed by atoms with E-state index in [1.54, 1.807) is 0 Å². The monoisotopic (exact) mass is 296 g/mol. The Hall–Kier alpha value is -0.0800. The number of hydrogen-bond acceptors (Lipinski definition) is 2. The Balaban J connectivity index is 1.86. The molecule has 1 fully saturated rings. The Bertz CT molecular complexity index is 220. The molecule has 1 aliphatic heterocycles. The summed E-state index contributed by atoms with van der Waals surface area (Å²) in [7, 11) is 0. The van der Waals surface area contributed by atoms with Gasteiger partial charge in [0.15, 0.2) is 0 Å². The summed E-state index contributed by atoms with van der Waals surface area (Å²) in [6.45, 7) is 12.1. The number of rotatable bonds is 12. The average Bonchev–Trinajstić information content (AvgIpc) is 2.47. The van der Waals surface area contributed by atoms with E-state index in [1.165, 1.54) is 90.4 Å². The predicted molar refractivity (Wildman–Crippen MR) is 94.9 cm³/mol. The zero-order valence-corrected chi connectivity index (χ0v) is 15.0. The second kappa shape index (κ2) is 12.5. The largest absolute Gasteiger partial charge is 0.314 e. The second-order valence-corrected chi connectivity index (χ2v) is 7.40. The molecule has 0 aliphatic carbocycles. The topological polar surface area (TPSA) is 15.3 Å². The third-order valence-corrected chi connectivity index (χ3v) is 4.67. The molecule has 0 aromatic carbocycles. The van der Waals surface area contributed by atoms with Crippen LogP contribution in [0.1, 0.15) is 85.0 Å². The molecule has 1 heterocycles. The number of likely N-dealkylation sites (tertiary alicyclic amines) is 1. The van der Waals surface area contributed by atoms with Crippen molar-refractivity contribution in [3.05, 3.63) is 0 Å². The van der Waals surface area contributed by atoms with Crippen LogP contribution in [0.3, 0.4) is 0 Å². The summed E-state index contributed by atoms with van der Waals surface area (Å²) in [6, 6.07) is 0.790. The Morgan fingerprint density at radius 2 is 1.48 bits per heavy atom. The Morgan fingerprint density at radius 3 is 2.05 bits per heavy atom. The van der Waals surface area contributed by atoms with Crippen molar-refractivity contribution in [3.8, 4) is 0 Å². The van der Waals surface area contributed by atoms with E-state index in [4.69, 9.17) is 0 Å². The summed E-state index contributed by atoms with van der Waals surface area (Å²) in [4.78, 5) is 2.64. The first-order chi connectivity index (χ1) is 10.2. The van der Waals surface area contributed by atoms with E-state index in [2.05, 4.69) is 31.0 Å². The SMILES string of the molecule is CCCCCCCCCCNC1CCN(CC(C)C)CC1. The summed E-state index contributed by atoms with van der Waals surface area (Å²) in [5.41, 5.74) is 0. The van der Waals surface area contributed by atoms with E-state index in [9.17, 15) is 0 Å². The molecule has 1 saturated heterocycles. The molecule has 1 aliphatic rings. The maximum absolute atomic E-state index is 3.78. The van der Waals surface area contributed by atoms with Crippen molar-refractivity contribution in [2.24, 2.45) is 5.92 Å². The lowest BCUT2D eigenvalue weighted by atomic mass is 10.0. The van der Waals surface area contributed by atoms with Crippen molar-refractivity contribution < 1.29 is 0 Å². The van der Waals surface area contributed by atoms with Gasteiger partial charge in [-0.25, -0.2) is 0 Å². The molecule has 2 heteroatoms. The van der Waals surface area contributed by atoms with Crippen LogP contribution in [0.15, 0.2) is 0 Å². The highest BCUT2D eigenvalue weighted by atomic mass is 15.1. The highest BCUT2D eigenvalue weighted by molar-refractivity contribution is 4.77. The molecule has 0 bridgehead atoms. The van der Waals surface area contributed by atoms with Gasteiger partial charge in [0.25, 0.3) is 0 Å². The van der Waals surface area contributed by atoms with Crippen LogP contribution in [0, 0.1) is 5.92 Å². The van der Waals surface area contributed by atoms with Crippen LogP contribution >= 0.6 is 0 Å². The normalized spacial score (nSPS) is 17.7. The minimum Gasteiger partial charge on any atom is -0.314 e. The smallest absolute Gasteiger partial charge is 0.00914 e. The standard InChI is InChI=1S/C19H40N2/c1-4-5-6-7-8-9-10-11-14-20-19-12-15-21(16-13-19)17-18(2)3/h18-20H,4-17H2,1-3H3. The van der Waals surface area contributed by atoms with E-state index in [0.29, 0.717) is 0 Å². The Labute approximate surface area is 134 Å². The molecule has 0 amide bonds. The summed E-state index contributed by atoms with van der Waals surface area (Å²) >= 11 is 0. The van der Waals surface area contributed by atoms with Crippen LogP contribution in [-0.4, -0.2) is 37.1 Å². The molecule has 126 valence electrons. The Morgan fingerprint density at radius 1 is 0.905 bits per heavy atom. The molecule has 0 aromatic rings. The van der Waals surface area contributed by atoms with E-state index in [-0.39, 0.29) is 0 Å². The summed E-state index contributed by atoms with van der Waals surface area (Å²) in [5, 5.41) is 3.78. The van der Waals surface area contributed by atoms with Gasteiger partial charge >= 0.3 is 0 Å². The van der Waals surface area contributed by atoms with Crippen molar-refractivity contribution in [3.63, 3.8) is 0 Å². The highest BCUT2D eigenvalue weighted by Crippen LogP contribution is 2.12. The van der Waals surface area contributed by atoms with Gasteiger partial charge in [0.2, 0.25) is 0 Å². The molecule has 2 nitrogen and oxygen atoms in total. The number of hydrogen-bond donors (Lipinski definition) is 1. The fraction of sp³-hybridized carbons (Fsp3) is 1.00. The van der Waals surface area contributed by atoms with Crippen molar-refractivity contribution >= 4 is 0 Å². The first kappa shape index (κ1) is 19.0. The zero-order chi connectivity index (χ0) is 15.3. The maximum atomic E-state index is 3.78. The third-order valence-electron chi connectivity index (χ3n) is 4.67. The number of piperidine rings is 1. The van der Waals surface area contributed by atoms with E-state index < -0.39 is 0 Å². The fourth-order valence-corrected chi connectivity index (χ4v) is 3.40. The van der Waals surface area contributed by atoms with Gasteiger partial charge in [0, 0.05) is 12.6 Å². The van der Waals surface area contributed by atoms with Crippen LogP contribution in [-0.2, 0) is 0 Å². The number of nitrogens with one attached hydrogen (secondary N) is 1. The van der Waals surface area contributed by atoms with Crippen LogP contribution in [0.25, 0.3) is 0 Å². The molecule has 1 N–H and O–H groups in total. The van der Waals surface area contributed by atoms with Gasteiger partial charge in [0.05, 0.1) is 0 Å². The van der Waals surface area contributed by atoms with E-state index in [1.807, 2.05) is 0 Å². The molecular formula is C19H40N2. The molecule has 0 radical (unpaired) electrons. The minimum absolute atomic E-state index is 0.790. The summed E-state index contributed by atoms with van der Waals surface area (Å²) in [5.74, 6) is 0.812. The predicted octanol–water partition coefficient (Wildman–Crippen LogP) is 4.84.